The molecule has 11 heavy (non-hydrogen) atoms. The van der Waals surface area contributed by atoms with Crippen LogP contribution in [0.15, 0.2) is 11.5 Å². The monoisotopic (exact) mass is 178 g/mol. The summed E-state index contributed by atoms with van der Waals surface area (Å²) in [6.07, 6.45) is 1.40. The van der Waals surface area contributed by atoms with E-state index in [-0.39, 0.29) is 12.7 Å². The van der Waals surface area contributed by atoms with Crippen LogP contribution >= 0.6 is 0 Å². The van der Waals surface area contributed by atoms with E-state index in [0.29, 0.717) is 6.61 Å². The van der Waals surface area contributed by atoms with E-state index in [2.05, 4.69) is 4.18 Å². The Kier molecular flexibility index (Phi) is 2.64. The van der Waals surface area contributed by atoms with Crippen molar-refractivity contribution in [1.82, 2.24) is 0 Å². The van der Waals surface area contributed by atoms with Gasteiger partial charge in [-0.2, -0.15) is 8.42 Å². The van der Waals surface area contributed by atoms with E-state index < -0.39 is 10.1 Å². The Morgan fingerprint density at radius 1 is 1.73 bits per heavy atom. The van der Waals surface area contributed by atoms with Gasteiger partial charge in [0.25, 0.3) is 10.1 Å². The number of ether oxygens (including phenoxy) is 1. The van der Waals surface area contributed by atoms with E-state index in [4.69, 9.17) is 4.74 Å². The predicted octanol–water partition coefficient (Wildman–Crippen LogP) is 0.265. The Labute approximate surface area is 65.9 Å². The molecule has 0 aromatic rings. The summed E-state index contributed by atoms with van der Waals surface area (Å²) < 4.78 is 30.9. The number of rotatable bonds is 4. The van der Waals surface area contributed by atoms with Crippen molar-refractivity contribution in [3.8, 4) is 0 Å². The van der Waals surface area contributed by atoms with Crippen molar-refractivity contribution in [1.29, 1.82) is 0 Å². The highest BCUT2D eigenvalue weighted by Crippen LogP contribution is 2.10. The van der Waals surface area contributed by atoms with Crippen LogP contribution in [0.1, 0.15) is 6.92 Å². The minimum absolute atomic E-state index is 0.0185. The summed E-state index contributed by atoms with van der Waals surface area (Å²) >= 11 is 0. The fraction of sp³-hybridized carbons (Fsp3) is 0.667. The van der Waals surface area contributed by atoms with Gasteiger partial charge >= 0.3 is 0 Å². The van der Waals surface area contributed by atoms with Crippen molar-refractivity contribution < 1.29 is 17.3 Å². The maximum absolute atomic E-state index is 10.8. The second-order valence-electron chi connectivity index (χ2n) is 2.20. The van der Waals surface area contributed by atoms with Gasteiger partial charge in [0, 0.05) is 0 Å². The molecule has 1 rings (SSSR count). The zero-order chi connectivity index (χ0) is 8.32. The van der Waals surface area contributed by atoms with Gasteiger partial charge in [-0.3, -0.25) is 4.18 Å². The van der Waals surface area contributed by atoms with Gasteiger partial charge in [-0.15, -0.1) is 0 Å². The van der Waals surface area contributed by atoms with Crippen LogP contribution in [0.5, 0.6) is 0 Å². The lowest BCUT2D eigenvalue weighted by atomic mass is 10.5. The zero-order valence-electron chi connectivity index (χ0n) is 6.19. The van der Waals surface area contributed by atoms with Crippen molar-refractivity contribution in [2.24, 2.45) is 0 Å². The van der Waals surface area contributed by atoms with Gasteiger partial charge in [0.2, 0.25) is 0 Å². The second-order valence-corrected chi connectivity index (χ2v) is 3.70. The summed E-state index contributed by atoms with van der Waals surface area (Å²) in [6, 6.07) is 0. The number of epoxide rings is 1. The molecular weight excluding hydrogens is 168 g/mol. The molecule has 1 aliphatic heterocycles. The molecule has 1 aliphatic rings. The molecule has 0 N–H and O–H groups in total. The highest BCUT2D eigenvalue weighted by atomic mass is 32.2. The highest BCUT2D eigenvalue weighted by Gasteiger charge is 2.24. The molecular formula is C6H10O4S. The summed E-state index contributed by atoms with van der Waals surface area (Å²) in [5.74, 6) is 0. The first-order valence-electron chi connectivity index (χ1n) is 3.28. The first-order valence-corrected chi connectivity index (χ1v) is 4.75. The number of allylic oxidation sites excluding steroid dienone is 1. The molecule has 0 aliphatic carbocycles. The lowest BCUT2D eigenvalue weighted by Gasteiger charge is -1.96. The molecule has 1 saturated heterocycles. The molecule has 1 heterocycles. The lowest BCUT2D eigenvalue weighted by Crippen LogP contribution is -2.07. The van der Waals surface area contributed by atoms with E-state index in [0.717, 1.165) is 5.41 Å². The zero-order valence-corrected chi connectivity index (χ0v) is 7.00. The van der Waals surface area contributed by atoms with Crippen LogP contribution in [-0.4, -0.2) is 27.7 Å². The van der Waals surface area contributed by atoms with E-state index in [1.165, 1.54) is 6.08 Å². The number of hydrogen-bond donors (Lipinski definition) is 0. The van der Waals surface area contributed by atoms with Crippen molar-refractivity contribution in [3.63, 3.8) is 0 Å². The van der Waals surface area contributed by atoms with Crippen LogP contribution in [0.2, 0.25) is 0 Å². The summed E-state index contributed by atoms with van der Waals surface area (Å²) in [5, 5.41) is 1.02. The highest BCUT2D eigenvalue weighted by molar-refractivity contribution is 7.89. The van der Waals surface area contributed by atoms with Crippen LogP contribution < -0.4 is 0 Å². The van der Waals surface area contributed by atoms with Gasteiger partial charge < -0.3 is 4.74 Å². The largest absolute Gasteiger partial charge is 0.371 e. The molecule has 0 saturated carbocycles. The van der Waals surface area contributed by atoms with Gasteiger partial charge in [0.15, 0.2) is 0 Å². The lowest BCUT2D eigenvalue weighted by molar-refractivity contribution is 0.270. The first-order chi connectivity index (χ1) is 5.14. The van der Waals surface area contributed by atoms with E-state index >= 15 is 0 Å². The third kappa shape index (κ3) is 3.50. The first kappa shape index (κ1) is 8.70. The summed E-state index contributed by atoms with van der Waals surface area (Å²) in [4.78, 5) is 0. The molecule has 0 aromatic carbocycles. The van der Waals surface area contributed by atoms with Gasteiger partial charge in [-0.05, 0) is 6.92 Å². The summed E-state index contributed by atoms with van der Waals surface area (Å²) in [5.41, 5.74) is 0. The average molecular weight is 178 g/mol. The minimum atomic E-state index is -3.45. The Bertz CT molecular complexity index is 237. The molecule has 1 atom stereocenters. The van der Waals surface area contributed by atoms with E-state index in [1.807, 2.05) is 0 Å². The predicted molar refractivity (Wildman–Crippen MR) is 39.4 cm³/mol. The van der Waals surface area contributed by atoms with Gasteiger partial charge in [-0.1, -0.05) is 6.08 Å². The molecule has 1 unspecified atom stereocenters. The molecule has 0 bridgehead atoms. The summed E-state index contributed by atoms with van der Waals surface area (Å²) in [7, 11) is -3.45. The van der Waals surface area contributed by atoms with Crippen LogP contribution in [0.25, 0.3) is 0 Å². The summed E-state index contributed by atoms with van der Waals surface area (Å²) in [6.45, 7) is 2.35. The molecule has 0 radical (unpaired) electrons. The van der Waals surface area contributed by atoms with Crippen LogP contribution in [0.3, 0.4) is 0 Å². The van der Waals surface area contributed by atoms with Crippen LogP contribution in [0, 0.1) is 0 Å². The van der Waals surface area contributed by atoms with Gasteiger partial charge in [-0.25, -0.2) is 0 Å². The molecule has 0 amide bonds. The molecule has 5 heteroatoms. The normalized spacial score (nSPS) is 24.3. The SMILES string of the molecule is CC=CS(=O)(=O)OCC1CO1. The minimum Gasteiger partial charge on any atom is -0.371 e. The Hall–Kier alpha value is -0.390. The number of hydrogen-bond acceptors (Lipinski definition) is 4. The third-order valence-corrected chi connectivity index (χ3v) is 2.19. The van der Waals surface area contributed by atoms with Gasteiger partial charge in [0.1, 0.15) is 6.10 Å². The fourth-order valence-electron chi connectivity index (χ4n) is 0.541. The molecule has 4 nitrogen and oxygen atoms in total. The second kappa shape index (κ2) is 3.34. The van der Waals surface area contributed by atoms with Crippen molar-refractivity contribution in [3.05, 3.63) is 11.5 Å². The third-order valence-electron chi connectivity index (χ3n) is 1.12. The Morgan fingerprint density at radius 3 is 2.82 bits per heavy atom. The Morgan fingerprint density at radius 2 is 2.36 bits per heavy atom. The fourth-order valence-corrected chi connectivity index (χ4v) is 1.29. The quantitative estimate of drug-likeness (QED) is 0.458. The van der Waals surface area contributed by atoms with E-state index in [9.17, 15) is 8.42 Å². The molecule has 64 valence electrons. The Balaban J connectivity index is 2.32. The average Bonchev–Trinajstić information content (AvgIpc) is 2.65. The standard InChI is InChI=1S/C6H10O4S/c1-2-3-11(7,8)10-5-6-4-9-6/h2-3,6H,4-5H2,1H3. The van der Waals surface area contributed by atoms with E-state index in [1.54, 1.807) is 6.92 Å². The maximum Gasteiger partial charge on any atom is 0.289 e. The smallest absolute Gasteiger partial charge is 0.289 e. The van der Waals surface area contributed by atoms with Crippen LogP contribution in [0.4, 0.5) is 0 Å². The molecule has 0 spiro atoms. The molecule has 0 aromatic heterocycles. The topological polar surface area (TPSA) is 55.9 Å². The van der Waals surface area contributed by atoms with Crippen molar-refractivity contribution in [2.75, 3.05) is 13.2 Å². The molecule has 1 fully saturated rings. The maximum atomic E-state index is 10.8. The van der Waals surface area contributed by atoms with Crippen molar-refractivity contribution in [2.45, 2.75) is 13.0 Å². The van der Waals surface area contributed by atoms with Crippen LogP contribution in [-0.2, 0) is 19.0 Å². The van der Waals surface area contributed by atoms with Gasteiger partial charge in [0.05, 0.1) is 18.6 Å². The van der Waals surface area contributed by atoms with Crippen molar-refractivity contribution >= 4 is 10.1 Å².